The van der Waals surface area contributed by atoms with Crippen LogP contribution in [0.1, 0.15) is 5.56 Å². The molecule has 94 valence electrons. The van der Waals surface area contributed by atoms with Crippen LogP contribution in [0, 0.1) is 11.6 Å². The first-order valence-corrected chi connectivity index (χ1v) is 6.12. The topological polar surface area (TPSA) is 16.1 Å². The third-order valence-electron chi connectivity index (χ3n) is 2.48. The molecule has 0 unspecified atom stereocenters. The van der Waals surface area contributed by atoms with Crippen LogP contribution in [-0.2, 0) is 6.54 Å². The molecule has 1 aromatic heterocycles. The molecule has 18 heavy (non-hydrogen) atoms. The van der Waals surface area contributed by atoms with Crippen LogP contribution in [-0.4, -0.2) is 12.0 Å². The second kappa shape index (κ2) is 5.44. The molecule has 2 aromatic rings. The molecule has 0 N–H and O–H groups in total. The second-order valence-electron chi connectivity index (χ2n) is 3.94. The summed E-state index contributed by atoms with van der Waals surface area (Å²) in [4.78, 5) is 5.70. The Morgan fingerprint density at radius 2 is 1.89 bits per heavy atom. The first-order valence-electron chi connectivity index (χ1n) is 5.33. The Bertz CT molecular complexity index is 543. The van der Waals surface area contributed by atoms with E-state index in [1.807, 2.05) is 0 Å². The van der Waals surface area contributed by atoms with Gasteiger partial charge in [-0.1, -0.05) is 12.1 Å². The first kappa shape index (κ1) is 13.0. The fraction of sp³-hybridized carbons (Fsp3) is 0.154. The number of pyridine rings is 1. The van der Waals surface area contributed by atoms with Crippen molar-refractivity contribution in [1.29, 1.82) is 0 Å². The fourth-order valence-electron chi connectivity index (χ4n) is 1.63. The third kappa shape index (κ3) is 3.04. The zero-order chi connectivity index (χ0) is 13.1. The van der Waals surface area contributed by atoms with E-state index in [4.69, 9.17) is 0 Å². The molecule has 0 aliphatic heterocycles. The van der Waals surface area contributed by atoms with Crippen molar-refractivity contribution in [2.75, 3.05) is 11.9 Å². The van der Waals surface area contributed by atoms with Crippen LogP contribution in [0.3, 0.4) is 0 Å². The lowest BCUT2D eigenvalue weighted by molar-refractivity contribution is 0.613. The lowest BCUT2D eigenvalue weighted by Crippen LogP contribution is -2.19. The van der Waals surface area contributed by atoms with Crippen LogP contribution in [0.4, 0.5) is 14.6 Å². The van der Waals surface area contributed by atoms with Gasteiger partial charge in [-0.05, 0) is 39.7 Å². The van der Waals surface area contributed by atoms with Gasteiger partial charge in [-0.3, -0.25) is 0 Å². The molecule has 0 radical (unpaired) electrons. The highest BCUT2D eigenvalue weighted by Gasteiger charge is 2.10. The Hall–Kier alpha value is -1.49. The largest absolute Gasteiger partial charge is 0.353 e. The van der Waals surface area contributed by atoms with Crippen LogP contribution in [0.2, 0.25) is 0 Å². The molecular formula is C13H11BrF2N2. The highest BCUT2D eigenvalue weighted by Crippen LogP contribution is 2.20. The number of halogens is 3. The van der Waals surface area contributed by atoms with E-state index >= 15 is 0 Å². The summed E-state index contributed by atoms with van der Waals surface area (Å²) in [5.41, 5.74) is 0.892. The Kier molecular flexibility index (Phi) is 3.91. The SMILES string of the molecule is CN(Cc1ccc(F)cc1)c1ncc(Br)cc1F. The van der Waals surface area contributed by atoms with Gasteiger partial charge < -0.3 is 4.90 Å². The van der Waals surface area contributed by atoms with Crippen molar-refractivity contribution in [2.45, 2.75) is 6.54 Å². The maximum absolute atomic E-state index is 13.7. The molecule has 0 saturated carbocycles. The van der Waals surface area contributed by atoms with E-state index in [-0.39, 0.29) is 11.6 Å². The quantitative estimate of drug-likeness (QED) is 0.858. The van der Waals surface area contributed by atoms with E-state index in [2.05, 4.69) is 20.9 Å². The summed E-state index contributed by atoms with van der Waals surface area (Å²) in [6.07, 6.45) is 1.54. The minimum absolute atomic E-state index is 0.266. The highest BCUT2D eigenvalue weighted by molar-refractivity contribution is 9.10. The van der Waals surface area contributed by atoms with Gasteiger partial charge in [0.05, 0.1) is 0 Å². The van der Waals surface area contributed by atoms with E-state index < -0.39 is 5.82 Å². The van der Waals surface area contributed by atoms with Gasteiger partial charge in [-0.15, -0.1) is 0 Å². The van der Waals surface area contributed by atoms with Gasteiger partial charge in [0.2, 0.25) is 0 Å². The molecule has 2 rings (SSSR count). The summed E-state index contributed by atoms with van der Waals surface area (Å²) in [6.45, 7) is 0.464. The lowest BCUT2D eigenvalue weighted by atomic mass is 10.2. The Morgan fingerprint density at radius 3 is 2.50 bits per heavy atom. The third-order valence-corrected chi connectivity index (χ3v) is 2.92. The molecule has 1 heterocycles. The molecule has 0 amide bonds. The van der Waals surface area contributed by atoms with Crippen LogP contribution in [0.25, 0.3) is 0 Å². The van der Waals surface area contributed by atoms with Gasteiger partial charge in [0.15, 0.2) is 11.6 Å². The summed E-state index contributed by atoms with van der Waals surface area (Å²) < 4.78 is 27.0. The number of anilines is 1. The van der Waals surface area contributed by atoms with Crippen molar-refractivity contribution in [3.05, 3.63) is 58.2 Å². The summed E-state index contributed by atoms with van der Waals surface area (Å²) in [5.74, 6) is -0.411. The maximum Gasteiger partial charge on any atom is 0.166 e. The Labute approximate surface area is 112 Å². The van der Waals surface area contributed by atoms with Gasteiger partial charge in [-0.2, -0.15) is 0 Å². The van der Waals surface area contributed by atoms with Gasteiger partial charge in [0.1, 0.15) is 5.82 Å². The van der Waals surface area contributed by atoms with E-state index in [0.29, 0.717) is 11.0 Å². The lowest BCUT2D eigenvalue weighted by Gasteiger charge is -2.18. The number of nitrogens with zero attached hydrogens (tertiary/aromatic N) is 2. The van der Waals surface area contributed by atoms with Crippen LogP contribution >= 0.6 is 15.9 Å². The summed E-state index contributed by atoms with van der Waals surface area (Å²) in [6, 6.07) is 7.47. The fourth-order valence-corrected chi connectivity index (χ4v) is 1.93. The minimum atomic E-state index is -0.394. The molecule has 0 spiro atoms. The molecule has 0 aliphatic carbocycles. The van der Waals surface area contributed by atoms with Gasteiger partial charge >= 0.3 is 0 Å². The molecular weight excluding hydrogens is 302 g/mol. The van der Waals surface area contributed by atoms with Gasteiger partial charge in [-0.25, -0.2) is 13.8 Å². The molecule has 0 fully saturated rings. The van der Waals surface area contributed by atoms with E-state index in [0.717, 1.165) is 5.56 Å². The van der Waals surface area contributed by atoms with Crippen molar-refractivity contribution >= 4 is 21.7 Å². The second-order valence-corrected chi connectivity index (χ2v) is 4.86. The molecule has 5 heteroatoms. The Balaban J connectivity index is 2.16. The number of benzene rings is 1. The van der Waals surface area contributed by atoms with Gasteiger partial charge in [0, 0.05) is 24.3 Å². The first-order chi connectivity index (χ1) is 8.56. The van der Waals surface area contributed by atoms with E-state index in [9.17, 15) is 8.78 Å². The molecule has 0 saturated heterocycles. The number of aromatic nitrogens is 1. The molecule has 0 aliphatic rings. The summed E-state index contributed by atoms with van der Waals surface area (Å²) in [7, 11) is 1.74. The number of hydrogen-bond acceptors (Lipinski definition) is 2. The molecule has 2 nitrogen and oxygen atoms in total. The van der Waals surface area contributed by atoms with Crippen LogP contribution in [0.5, 0.6) is 0 Å². The monoisotopic (exact) mass is 312 g/mol. The van der Waals surface area contributed by atoms with Crippen molar-refractivity contribution in [2.24, 2.45) is 0 Å². The highest BCUT2D eigenvalue weighted by atomic mass is 79.9. The van der Waals surface area contributed by atoms with E-state index in [1.54, 1.807) is 30.3 Å². The zero-order valence-electron chi connectivity index (χ0n) is 9.70. The number of rotatable bonds is 3. The molecule has 0 bridgehead atoms. The van der Waals surface area contributed by atoms with Gasteiger partial charge in [0.25, 0.3) is 0 Å². The van der Waals surface area contributed by atoms with Crippen LogP contribution in [0.15, 0.2) is 41.0 Å². The van der Waals surface area contributed by atoms with Crippen molar-refractivity contribution < 1.29 is 8.78 Å². The average molecular weight is 313 g/mol. The van der Waals surface area contributed by atoms with Crippen molar-refractivity contribution in [3.8, 4) is 0 Å². The zero-order valence-corrected chi connectivity index (χ0v) is 11.3. The minimum Gasteiger partial charge on any atom is -0.353 e. The normalized spacial score (nSPS) is 10.4. The predicted molar refractivity (Wildman–Crippen MR) is 70.4 cm³/mol. The van der Waals surface area contributed by atoms with E-state index in [1.165, 1.54) is 18.2 Å². The average Bonchev–Trinajstić information content (AvgIpc) is 2.32. The Morgan fingerprint density at radius 1 is 1.22 bits per heavy atom. The summed E-state index contributed by atoms with van der Waals surface area (Å²) >= 11 is 3.16. The smallest absolute Gasteiger partial charge is 0.166 e. The summed E-state index contributed by atoms with van der Waals surface area (Å²) in [5, 5.41) is 0. The maximum atomic E-state index is 13.7. The molecule has 1 aromatic carbocycles. The molecule has 0 atom stereocenters. The van der Waals surface area contributed by atoms with Crippen molar-refractivity contribution in [1.82, 2.24) is 4.98 Å². The predicted octanol–water partition coefficient (Wildman–Crippen LogP) is 3.76. The number of hydrogen-bond donors (Lipinski definition) is 0. The van der Waals surface area contributed by atoms with Crippen LogP contribution < -0.4 is 4.90 Å². The van der Waals surface area contributed by atoms with Crippen molar-refractivity contribution in [3.63, 3.8) is 0 Å². The standard InChI is InChI=1S/C13H11BrF2N2/c1-18(8-9-2-4-11(15)5-3-9)13-12(16)6-10(14)7-17-13/h2-7H,8H2,1H3.